The van der Waals surface area contributed by atoms with Crippen LogP contribution < -0.4 is 0 Å². The van der Waals surface area contributed by atoms with Crippen LogP contribution in [-0.2, 0) is 28.6 Å². The van der Waals surface area contributed by atoms with E-state index in [2.05, 4.69) is 93.7 Å². The van der Waals surface area contributed by atoms with Gasteiger partial charge < -0.3 is 14.2 Å². The Labute approximate surface area is 395 Å². The molecule has 0 bridgehead atoms. The van der Waals surface area contributed by atoms with Crippen molar-refractivity contribution in [2.24, 2.45) is 0 Å². The third-order valence-electron chi connectivity index (χ3n) is 11.4. The predicted molar refractivity (Wildman–Crippen MR) is 274 cm³/mol. The van der Waals surface area contributed by atoms with Crippen LogP contribution >= 0.6 is 0 Å². The van der Waals surface area contributed by atoms with Crippen LogP contribution in [0.3, 0.4) is 0 Å². The quantitative estimate of drug-likeness (QED) is 0.0262. The molecule has 0 saturated heterocycles. The second-order valence-corrected chi connectivity index (χ2v) is 17.8. The first-order chi connectivity index (χ1) is 31.5. The number of hydrogen-bond acceptors (Lipinski definition) is 6. The van der Waals surface area contributed by atoms with E-state index in [0.29, 0.717) is 19.3 Å². The number of esters is 3. The van der Waals surface area contributed by atoms with Gasteiger partial charge in [0.05, 0.1) is 0 Å². The molecule has 0 saturated carbocycles. The molecule has 368 valence electrons. The maximum atomic E-state index is 12.8. The van der Waals surface area contributed by atoms with E-state index in [0.717, 1.165) is 96.3 Å². The van der Waals surface area contributed by atoms with Crippen molar-refractivity contribution in [2.45, 2.75) is 264 Å². The summed E-state index contributed by atoms with van der Waals surface area (Å²) in [5.41, 5.74) is 0. The minimum Gasteiger partial charge on any atom is -0.462 e. The standard InChI is InChI=1S/C58H100O6/c1-4-7-10-13-16-19-22-25-27-28-29-30-32-34-37-40-43-46-49-52-58(61)64-55(53-62-56(59)50-47-44-41-38-35-24-21-18-15-12-9-6-3)54-63-57(60)51-48-45-42-39-36-33-31-26-23-20-17-14-11-8-5-2/h7,10,16,19-20,23,25,27,29-30,34,37,55H,4-6,8-9,11-15,17-18,21-22,24,26,28,31-33,35-36,38-54H2,1-3H3/b10-7-,19-16-,23-20-,27-25-,30-29-,37-34-/t55-/m0/s1. The summed E-state index contributed by atoms with van der Waals surface area (Å²) < 4.78 is 16.8. The lowest BCUT2D eigenvalue weighted by atomic mass is 10.0. The molecule has 0 aromatic rings. The van der Waals surface area contributed by atoms with E-state index in [1.807, 2.05) is 0 Å². The lowest BCUT2D eigenvalue weighted by Gasteiger charge is -2.18. The largest absolute Gasteiger partial charge is 0.462 e. The van der Waals surface area contributed by atoms with Gasteiger partial charge in [-0.05, 0) is 89.9 Å². The van der Waals surface area contributed by atoms with E-state index in [1.54, 1.807) is 0 Å². The average Bonchev–Trinajstić information content (AvgIpc) is 3.29. The summed E-state index contributed by atoms with van der Waals surface area (Å²) in [6, 6.07) is 0. The Morgan fingerprint density at radius 1 is 0.328 bits per heavy atom. The number of carbonyl (C=O) groups excluding carboxylic acids is 3. The maximum absolute atomic E-state index is 12.8. The molecule has 6 heteroatoms. The highest BCUT2D eigenvalue weighted by Gasteiger charge is 2.19. The van der Waals surface area contributed by atoms with Gasteiger partial charge in [-0.15, -0.1) is 0 Å². The molecular formula is C58H100O6. The van der Waals surface area contributed by atoms with Gasteiger partial charge in [0, 0.05) is 19.3 Å². The fourth-order valence-electron chi connectivity index (χ4n) is 7.40. The van der Waals surface area contributed by atoms with Crippen LogP contribution in [0.15, 0.2) is 72.9 Å². The highest BCUT2D eigenvalue weighted by atomic mass is 16.6. The normalized spacial score (nSPS) is 12.6. The van der Waals surface area contributed by atoms with E-state index in [4.69, 9.17) is 14.2 Å². The molecule has 0 aromatic heterocycles. The molecule has 0 amide bonds. The molecule has 0 rings (SSSR count). The van der Waals surface area contributed by atoms with E-state index < -0.39 is 6.10 Å². The van der Waals surface area contributed by atoms with Gasteiger partial charge in [0.25, 0.3) is 0 Å². The molecule has 0 aliphatic heterocycles. The Morgan fingerprint density at radius 2 is 0.609 bits per heavy atom. The fraction of sp³-hybridized carbons (Fsp3) is 0.741. The molecule has 0 aliphatic rings. The third kappa shape index (κ3) is 49.9. The van der Waals surface area contributed by atoms with Crippen molar-refractivity contribution in [1.29, 1.82) is 0 Å². The average molecular weight is 893 g/mol. The molecule has 64 heavy (non-hydrogen) atoms. The summed E-state index contributed by atoms with van der Waals surface area (Å²) in [4.78, 5) is 38.0. The minimum absolute atomic E-state index is 0.0884. The Hall–Kier alpha value is -3.15. The highest BCUT2D eigenvalue weighted by molar-refractivity contribution is 5.71. The lowest BCUT2D eigenvalue weighted by molar-refractivity contribution is -0.167. The third-order valence-corrected chi connectivity index (χ3v) is 11.4. The first-order valence-electron chi connectivity index (χ1n) is 26.9. The van der Waals surface area contributed by atoms with Gasteiger partial charge in [-0.1, -0.05) is 222 Å². The summed E-state index contributed by atoms with van der Waals surface area (Å²) in [6.45, 7) is 6.49. The number of hydrogen-bond donors (Lipinski definition) is 0. The summed E-state index contributed by atoms with van der Waals surface area (Å²) in [5, 5.41) is 0. The van der Waals surface area contributed by atoms with Crippen molar-refractivity contribution in [3.05, 3.63) is 72.9 Å². The molecule has 1 atom stereocenters. The maximum Gasteiger partial charge on any atom is 0.306 e. The summed E-state index contributed by atoms with van der Waals surface area (Å²) in [7, 11) is 0. The van der Waals surface area contributed by atoms with Gasteiger partial charge in [0.15, 0.2) is 6.10 Å². The topological polar surface area (TPSA) is 78.9 Å². The zero-order valence-corrected chi connectivity index (χ0v) is 42.0. The SMILES string of the molecule is CC/C=C\C/C=C\C/C=C\C/C=C\C/C=C\CCCCCC(=O)O[C@H](COC(=O)CCCCCCCCC/C=C\CCCCCC)COC(=O)CCCCCCCCCCCCCC. The Morgan fingerprint density at radius 3 is 1.00 bits per heavy atom. The zero-order valence-electron chi connectivity index (χ0n) is 42.0. The van der Waals surface area contributed by atoms with Crippen molar-refractivity contribution in [3.8, 4) is 0 Å². The van der Waals surface area contributed by atoms with Crippen molar-refractivity contribution in [3.63, 3.8) is 0 Å². The van der Waals surface area contributed by atoms with Crippen LogP contribution in [0, 0.1) is 0 Å². The van der Waals surface area contributed by atoms with Gasteiger partial charge in [-0.3, -0.25) is 14.4 Å². The molecule has 0 aromatic carbocycles. The monoisotopic (exact) mass is 893 g/mol. The Bertz CT molecular complexity index is 1210. The van der Waals surface area contributed by atoms with Crippen LogP contribution in [-0.4, -0.2) is 37.2 Å². The lowest BCUT2D eigenvalue weighted by Crippen LogP contribution is -2.30. The van der Waals surface area contributed by atoms with E-state index in [1.165, 1.54) is 122 Å². The summed E-state index contributed by atoms with van der Waals surface area (Å²) in [5.74, 6) is -0.921. The number of ether oxygens (including phenoxy) is 3. The van der Waals surface area contributed by atoms with Crippen molar-refractivity contribution >= 4 is 17.9 Å². The van der Waals surface area contributed by atoms with Gasteiger partial charge >= 0.3 is 17.9 Å². The smallest absolute Gasteiger partial charge is 0.306 e. The molecule has 0 aliphatic carbocycles. The van der Waals surface area contributed by atoms with Crippen LogP contribution in [0.2, 0.25) is 0 Å². The first kappa shape index (κ1) is 60.9. The second-order valence-electron chi connectivity index (χ2n) is 17.8. The molecule has 0 heterocycles. The molecule has 0 spiro atoms. The number of allylic oxidation sites excluding steroid dienone is 12. The van der Waals surface area contributed by atoms with Crippen molar-refractivity contribution in [2.75, 3.05) is 13.2 Å². The van der Waals surface area contributed by atoms with Crippen molar-refractivity contribution in [1.82, 2.24) is 0 Å². The molecule has 0 radical (unpaired) electrons. The van der Waals surface area contributed by atoms with Crippen molar-refractivity contribution < 1.29 is 28.6 Å². The van der Waals surface area contributed by atoms with Crippen LogP contribution in [0.4, 0.5) is 0 Å². The molecular weight excluding hydrogens is 793 g/mol. The van der Waals surface area contributed by atoms with E-state index in [9.17, 15) is 14.4 Å². The van der Waals surface area contributed by atoms with E-state index >= 15 is 0 Å². The zero-order chi connectivity index (χ0) is 46.5. The van der Waals surface area contributed by atoms with Gasteiger partial charge in [-0.25, -0.2) is 0 Å². The molecule has 0 fully saturated rings. The van der Waals surface area contributed by atoms with Crippen LogP contribution in [0.5, 0.6) is 0 Å². The van der Waals surface area contributed by atoms with Gasteiger partial charge in [-0.2, -0.15) is 0 Å². The summed E-state index contributed by atoms with van der Waals surface area (Å²) >= 11 is 0. The van der Waals surface area contributed by atoms with Crippen LogP contribution in [0.1, 0.15) is 258 Å². The van der Waals surface area contributed by atoms with Crippen LogP contribution in [0.25, 0.3) is 0 Å². The number of unbranched alkanes of at least 4 members (excludes halogenated alkanes) is 25. The second kappa shape index (κ2) is 52.5. The van der Waals surface area contributed by atoms with Gasteiger partial charge in [0.1, 0.15) is 13.2 Å². The Balaban J connectivity index is 4.44. The number of rotatable bonds is 48. The number of carbonyl (C=O) groups is 3. The summed E-state index contributed by atoms with van der Waals surface area (Å²) in [6.07, 6.45) is 66.0. The molecule has 0 unspecified atom stereocenters. The fourth-order valence-corrected chi connectivity index (χ4v) is 7.40. The molecule has 6 nitrogen and oxygen atoms in total. The minimum atomic E-state index is -0.792. The van der Waals surface area contributed by atoms with E-state index in [-0.39, 0.29) is 31.1 Å². The highest BCUT2D eigenvalue weighted by Crippen LogP contribution is 2.15. The first-order valence-corrected chi connectivity index (χ1v) is 26.9. The molecule has 0 N–H and O–H groups in total. The van der Waals surface area contributed by atoms with Gasteiger partial charge in [0.2, 0.25) is 0 Å². The Kier molecular flexibility index (Phi) is 49.9. The predicted octanol–water partition coefficient (Wildman–Crippen LogP) is 17.8.